The van der Waals surface area contributed by atoms with E-state index in [1.165, 1.54) is 0 Å². The molecule has 17 heavy (non-hydrogen) atoms. The van der Waals surface area contributed by atoms with Crippen LogP contribution >= 0.6 is 11.3 Å². The SMILES string of the molecule is C#CCNC(=O)NC1(c2nccs2)CCCC1. The summed E-state index contributed by atoms with van der Waals surface area (Å²) in [5.41, 5.74) is -0.285. The van der Waals surface area contributed by atoms with E-state index in [0.717, 1.165) is 30.7 Å². The van der Waals surface area contributed by atoms with Gasteiger partial charge in [0.25, 0.3) is 0 Å². The first-order valence-electron chi connectivity index (χ1n) is 5.66. The van der Waals surface area contributed by atoms with Crippen molar-refractivity contribution in [3.8, 4) is 12.3 Å². The van der Waals surface area contributed by atoms with Gasteiger partial charge in [-0.15, -0.1) is 17.8 Å². The Balaban J connectivity index is 2.08. The van der Waals surface area contributed by atoms with Gasteiger partial charge in [-0.2, -0.15) is 0 Å². The second-order valence-electron chi connectivity index (χ2n) is 4.14. The van der Waals surface area contributed by atoms with Gasteiger partial charge in [0.2, 0.25) is 0 Å². The summed E-state index contributed by atoms with van der Waals surface area (Å²) in [5.74, 6) is 2.39. The molecule has 0 saturated heterocycles. The monoisotopic (exact) mass is 249 g/mol. The molecule has 1 aromatic heterocycles. The van der Waals surface area contributed by atoms with Crippen molar-refractivity contribution in [2.45, 2.75) is 31.2 Å². The Morgan fingerprint density at radius 2 is 2.35 bits per heavy atom. The number of nitrogens with zero attached hydrogens (tertiary/aromatic N) is 1. The van der Waals surface area contributed by atoms with Gasteiger partial charge >= 0.3 is 6.03 Å². The molecule has 5 heteroatoms. The van der Waals surface area contributed by atoms with Gasteiger partial charge in [0, 0.05) is 11.6 Å². The van der Waals surface area contributed by atoms with Crippen molar-refractivity contribution in [1.82, 2.24) is 15.6 Å². The molecule has 1 aliphatic rings. The predicted octanol–water partition coefficient (Wildman–Crippen LogP) is 1.84. The highest BCUT2D eigenvalue weighted by molar-refractivity contribution is 7.09. The molecule has 2 rings (SSSR count). The predicted molar refractivity (Wildman–Crippen MR) is 67.6 cm³/mol. The normalized spacial score (nSPS) is 17.4. The molecule has 1 saturated carbocycles. The van der Waals surface area contributed by atoms with Crippen LogP contribution in [-0.4, -0.2) is 17.6 Å². The Hall–Kier alpha value is -1.54. The summed E-state index contributed by atoms with van der Waals surface area (Å²) < 4.78 is 0. The lowest BCUT2D eigenvalue weighted by atomic mass is 9.99. The Kier molecular flexibility index (Phi) is 3.64. The van der Waals surface area contributed by atoms with Gasteiger partial charge in [-0.05, 0) is 12.8 Å². The molecule has 0 atom stereocenters. The molecule has 2 amide bonds. The second-order valence-corrected chi connectivity index (χ2v) is 5.03. The molecular formula is C12H15N3OS. The number of carbonyl (C=O) groups excluding carboxylic acids is 1. The maximum absolute atomic E-state index is 11.7. The molecular weight excluding hydrogens is 234 g/mol. The van der Waals surface area contributed by atoms with Crippen molar-refractivity contribution in [2.24, 2.45) is 0 Å². The van der Waals surface area contributed by atoms with Crippen LogP contribution in [0, 0.1) is 12.3 Å². The molecule has 0 unspecified atom stereocenters. The number of amides is 2. The number of urea groups is 1. The van der Waals surface area contributed by atoms with E-state index in [2.05, 4.69) is 21.5 Å². The molecule has 2 N–H and O–H groups in total. The maximum Gasteiger partial charge on any atom is 0.316 e. The van der Waals surface area contributed by atoms with Gasteiger partial charge in [-0.25, -0.2) is 9.78 Å². The summed E-state index contributed by atoms with van der Waals surface area (Å²) in [4.78, 5) is 16.1. The van der Waals surface area contributed by atoms with E-state index in [1.54, 1.807) is 17.5 Å². The molecule has 4 nitrogen and oxygen atoms in total. The average Bonchev–Trinajstić information content (AvgIpc) is 2.96. The van der Waals surface area contributed by atoms with Crippen molar-refractivity contribution >= 4 is 17.4 Å². The molecule has 0 aromatic carbocycles. The van der Waals surface area contributed by atoms with Crippen molar-refractivity contribution in [3.05, 3.63) is 16.6 Å². The molecule has 0 aliphatic heterocycles. The van der Waals surface area contributed by atoms with Crippen LogP contribution in [0.3, 0.4) is 0 Å². The minimum Gasteiger partial charge on any atom is -0.327 e. The number of carbonyl (C=O) groups is 1. The van der Waals surface area contributed by atoms with Crippen LogP contribution in [0.4, 0.5) is 4.79 Å². The Morgan fingerprint density at radius 1 is 1.59 bits per heavy atom. The number of hydrogen-bond acceptors (Lipinski definition) is 3. The highest BCUT2D eigenvalue weighted by Crippen LogP contribution is 2.39. The summed E-state index contributed by atoms with van der Waals surface area (Å²) in [5, 5.41) is 8.60. The Bertz CT molecular complexity index is 415. The smallest absolute Gasteiger partial charge is 0.316 e. The molecule has 0 spiro atoms. The second kappa shape index (κ2) is 5.19. The van der Waals surface area contributed by atoms with E-state index in [0.29, 0.717) is 0 Å². The van der Waals surface area contributed by atoms with Gasteiger partial charge in [-0.1, -0.05) is 18.8 Å². The fourth-order valence-electron chi connectivity index (χ4n) is 2.22. The van der Waals surface area contributed by atoms with E-state index in [4.69, 9.17) is 6.42 Å². The Morgan fingerprint density at radius 3 is 2.94 bits per heavy atom. The third-order valence-corrected chi connectivity index (χ3v) is 3.98. The minimum atomic E-state index is -0.285. The topological polar surface area (TPSA) is 54.0 Å². The van der Waals surface area contributed by atoms with Crippen LogP contribution in [0.1, 0.15) is 30.7 Å². The Labute approximate surface area is 105 Å². The maximum atomic E-state index is 11.7. The molecule has 1 heterocycles. The number of rotatable bonds is 3. The van der Waals surface area contributed by atoms with Crippen LogP contribution in [0.15, 0.2) is 11.6 Å². The zero-order chi connectivity index (χ0) is 12.1. The molecule has 1 fully saturated rings. The summed E-state index contributed by atoms with van der Waals surface area (Å²) in [7, 11) is 0. The van der Waals surface area contributed by atoms with E-state index < -0.39 is 0 Å². The zero-order valence-electron chi connectivity index (χ0n) is 9.53. The summed E-state index contributed by atoms with van der Waals surface area (Å²) >= 11 is 1.59. The summed E-state index contributed by atoms with van der Waals surface area (Å²) in [6.07, 6.45) is 11.0. The van der Waals surface area contributed by atoms with E-state index in [-0.39, 0.29) is 18.1 Å². The fraction of sp³-hybridized carbons (Fsp3) is 0.500. The average molecular weight is 249 g/mol. The van der Waals surface area contributed by atoms with Crippen molar-refractivity contribution in [1.29, 1.82) is 0 Å². The first kappa shape index (κ1) is 11.9. The standard InChI is InChI=1S/C12H15N3OS/c1-2-7-14-11(16)15-12(5-3-4-6-12)10-13-8-9-17-10/h1,8-9H,3-7H2,(H2,14,15,16). The minimum absolute atomic E-state index is 0.208. The largest absolute Gasteiger partial charge is 0.327 e. The zero-order valence-corrected chi connectivity index (χ0v) is 10.3. The molecule has 0 radical (unpaired) electrons. The van der Waals surface area contributed by atoms with Crippen molar-refractivity contribution < 1.29 is 4.79 Å². The quantitative estimate of drug-likeness (QED) is 0.803. The summed E-state index contributed by atoms with van der Waals surface area (Å²) in [6, 6.07) is -0.208. The van der Waals surface area contributed by atoms with Crippen molar-refractivity contribution in [3.63, 3.8) is 0 Å². The number of thiazole rings is 1. The molecule has 1 aromatic rings. The van der Waals surface area contributed by atoms with Crippen LogP contribution in [0.5, 0.6) is 0 Å². The van der Waals surface area contributed by atoms with Crippen LogP contribution in [-0.2, 0) is 5.54 Å². The number of hydrogen-bond donors (Lipinski definition) is 2. The number of nitrogens with one attached hydrogen (secondary N) is 2. The highest BCUT2D eigenvalue weighted by atomic mass is 32.1. The van der Waals surface area contributed by atoms with Crippen LogP contribution in [0.2, 0.25) is 0 Å². The highest BCUT2D eigenvalue weighted by Gasteiger charge is 2.39. The van der Waals surface area contributed by atoms with Gasteiger partial charge in [-0.3, -0.25) is 0 Å². The van der Waals surface area contributed by atoms with Crippen LogP contribution in [0.25, 0.3) is 0 Å². The van der Waals surface area contributed by atoms with Gasteiger partial charge in [0.05, 0.1) is 12.1 Å². The lowest BCUT2D eigenvalue weighted by molar-refractivity contribution is 0.225. The van der Waals surface area contributed by atoms with Crippen LogP contribution < -0.4 is 10.6 Å². The lowest BCUT2D eigenvalue weighted by Crippen LogP contribution is -2.48. The van der Waals surface area contributed by atoms with Gasteiger partial charge < -0.3 is 10.6 Å². The van der Waals surface area contributed by atoms with Crippen molar-refractivity contribution in [2.75, 3.05) is 6.54 Å². The fourth-order valence-corrected chi connectivity index (χ4v) is 3.08. The lowest BCUT2D eigenvalue weighted by Gasteiger charge is -2.27. The molecule has 0 bridgehead atoms. The first-order valence-corrected chi connectivity index (χ1v) is 6.54. The molecule has 90 valence electrons. The van der Waals surface area contributed by atoms with Gasteiger partial charge in [0.15, 0.2) is 0 Å². The third kappa shape index (κ3) is 2.59. The number of terminal acetylenes is 1. The van der Waals surface area contributed by atoms with E-state index >= 15 is 0 Å². The van der Waals surface area contributed by atoms with E-state index in [1.807, 2.05) is 5.38 Å². The number of aromatic nitrogens is 1. The first-order chi connectivity index (χ1) is 8.27. The van der Waals surface area contributed by atoms with Gasteiger partial charge in [0.1, 0.15) is 5.01 Å². The summed E-state index contributed by atoms with van der Waals surface area (Å²) in [6.45, 7) is 0.250. The third-order valence-electron chi connectivity index (χ3n) is 3.00. The molecule has 1 aliphatic carbocycles. The van der Waals surface area contributed by atoms with E-state index in [9.17, 15) is 4.79 Å².